The van der Waals surface area contributed by atoms with Gasteiger partial charge in [-0.05, 0) is 25.0 Å². The van der Waals surface area contributed by atoms with Gasteiger partial charge in [-0.15, -0.1) is 0 Å². The van der Waals surface area contributed by atoms with Crippen molar-refractivity contribution in [2.24, 2.45) is 0 Å². The summed E-state index contributed by atoms with van der Waals surface area (Å²) in [6, 6.07) is 5.75. The summed E-state index contributed by atoms with van der Waals surface area (Å²) in [7, 11) is 0. The van der Waals surface area contributed by atoms with E-state index in [1.165, 1.54) is 11.4 Å². The zero-order valence-corrected chi connectivity index (χ0v) is 15.6. The Labute approximate surface area is 163 Å². The van der Waals surface area contributed by atoms with E-state index in [0.29, 0.717) is 43.0 Å². The fourth-order valence-corrected chi connectivity index (χ4v) is 4.61. The number of nitrogens with one attached hydrogen (secondary N) is 3. The molecule has 4 aliphatic rings. The summed E-state index contributed by atoms with van der Waals surface area (Å²) in [6.45, 7) is 1.67. The molecule has 3 aliphatic heterocycles. The van der Waals surface area contributed by atoms with Gasteiger partial charge in [0.15, 0.2) is 11.5 Å². The number of carbonyl (C=O) groups excluding carboxylic acids is 2. The van der Waals surface area contributed by atoms with Crippen molar-refractivity contribution in [1.29, 1.82) is 0 Å². The molecule has 3 atom stereocenters. The molecular formula is C19H25N5O4. The maximum atomic E-state index is 12.9. The van der Waals surface area contributed by atoms with Crippen LogP contribution in [-0.4, -0.2) is 66.4 Å². The summed E-state index contributed by atoms with van der Waals surface area (Å²) in [5.74, 6) is 1.03. The molecule has 9 heteroatoms. The van der Waals surface area contributed by atoms with Crippen LogP contribution in [0.5, 0.6) is 11.5 Å². The van der Waals surface area contributed by atoms with Gasteiger partial charge in [-0.25, -0.2) is 15.2 Å². The lowest BCUT2D eigenvalue weighted by molar-refractivity contribution is -0.117. The number of carbonyl (C=O) groups is 2. The van der Waals surface area contributed by atoms with E-state index in [1.54, 1.807) is 18.2 Å². The van der Waals surface area contributed by atoms with E-state index >= 15 is 0 Å². The number of rotatable bonds is 3. The normalized spacial score (nSPS) is 28.6. The van der Waals surface area contributed by atoms with Crippen LogP contribution in [-0.2, 0) is 4.79 Å². The molecule has 5 rings (SSSR count). The Morgan fingerprint density at radius 3 is 2.89 bits per heavy atom. The summed E-state index contributed by atoms with van der Waals surface area (Å²) in [6.07, 6.45) is 4.37. The summed E-state index contributed by atoms with van der Waals surface area (Å²) in [5, 5.41) is 7.81. The zero-order chi connectivity index (χ0) is 19.1. The van der Waals surface area contributed by atoms with Gasteiger partial charge in [0, 0.05) is 24.3 Å². The van der Waals surface area contributed by atoms with Crippen LogP contribution in [0.25, 0.3) is 0 Å². The highest BCUT2D eigenvalue weighted by molar-refractivity contribution is 5.94. The van der Waals surface area contributed by atoms with Crippen molar-refractivity contribution in [2.45, 2.75) is 43.9 Å². The van der Waals surface area contributed by atoms with Gasteiger partial charge >= 0.3 is 6.03 Å². The highest BCUT2D eigenvalue weighted by Gasteiger charge is 2.47. The lowest BCUT2D eigenvalue weighted by atomic mass is 9.87. The quantitative estimate of drug-likeness (QED) is 0.713. The second-order valence-corrected chi connectivity index (χ2v) is 7.69. The van der Waals surface area contributed by atoms with E-state index < -0.39 is 0 Å². The van der Waals surface area contributed by atoms with Gasteiger partial charge in [-0.1, -0.05) is 12.8 Å². The number of fused-ring (bicyclic) bond motifs is 4. The van der Waals surface area contributed by atoms with Gasteiger partial charge < -0.3 is 25.0 Å². The fourth-order valence-electron chi connectivity index (χ4n) is 4.61. The van der Waals surface area contributed by atoms with Gasteiger partial charge in [0.2, 0.25) is 5.91 Å². The molecule has 1 aromatic carbocycles. The number of benzene rings is 1. The van der Waals surface area contributed by atoms with E-state index in [-0.39, 0.29) is 30.7 Å². The van der Waals surface area contributed by atoms with Crippen LogP contribution in [0.15, 0.2) is 18.2 Å². The monoisotopic (exact) mass is 387 g/mol. The number of urea groups is 1. The Morgan fingerprint density at radius 1 is 1.18 bits per heavy atom. The summed E-state index contributed by atoms with van der Waals surface area (Å²) in [5.41, 5.74) is 3.80. The summed E-state index contributed by atoms with van der Waals surface area (Å²) >= 11 is 0. The predicted octanol–water partition coefficient (Wildman–Crippen LogP) is 0.879. The lowest BCUT2D eigenvalue weighted by Crippen LogP contribution is -2.64. The van der Waals surface area contributed by atoms with Gasteiger partial charge in [0.05, 0.1) is 6.04 Å². The molecule has 3 amide bonds. The Kier molecular flexibility index (Phi) is 4.48. The minimum absolute atomic E-state index is 0.0440. The van der Waals surface area contributed by atoms with Gasteiger partial charge in [0.1, 0.15) is 25.9 Å². The maximum Gasteiger partial charge on any atom is 0.336 e. The van der Waals surface area contributed by atoms with E-state index in [2.05, 4.69) is 16.1 Å². The number of hydrogen-bond acceptors (Lipinski definition) is 6. The van der Waals surface area contributed by atoms with Gasteiger partial charge in [0.25, 0.3) is 0 Å². The SMILES string of the molecule is O=C(CN1NC2CNC3CCCCC3N2C1=O)Nc1ccc2c(c1)OCCO2. The van der Waals surface area contributed by atoms with Crippen LogP contribution >= 0.6 is 0 Å². The average Bonchev–Trinajstić information content (AvgIpc) is 3.03. The zero-order valence-electron chi connectivity index (χ0n) is 15.6. The number of nitrogens with zero attached hydrogens (tertiary/aromatic N) is 2. The first-order valence-electron chi connectivity index (χ1n) is 9.98. The molecule has 0 bridgehead atoms. The average molecular weight is 387 g/mol. The van der Waals surface area contributed by atoms with Crippen LogP contribution in [0.3, 0.4) is 0 Å². The second-order valence-electron chi connectivity index (χ2n) is 7.69. The van der Waals surface area contributed by atoms with Crippen molar-refractivity contribution >= 4 is 17.6 Å². The van der Waals surface area contributed by atoms with Crippen LogP contribution in [0.4, 0.5) is 10.5 Å². The molecule has 3 unspecified atom stereocenters. The minimum atomic E-state index is -0.259. The molecule has 0 radical (unpaired) electrons. The molecular weight excluding hydrogens is 362 g/mol. The van der Waals surface area contributed by atoms with E-state index in [4.69, 9.17) is 9.47 Å². The van der Waals surface area contributed by atoms with E-state index in [0.717, 1.165) is 19.3 Å². The highest BCUT2D eigenvalue weighted by Crippen LogP contribution is 2.33. The smallest absolute Gasteiger partial charge is 0.336 e. The minimum Gasteiger partial charge on any atom is -0.486 e. The predicted molar refractivity (Wildman–Crippen MR) is 101 cm³/mol. The topological polar surface area (TPSA) is 95.2 Å². The number of hydrogen-bond donors (Lipinski definition) is 3. The summed E-state index contributed by atoms with van der Waals surface area (Å²) < 4.78 is 11.0. The first-order valence-corrected chi connectivity index (χ1v) is 9.98. The Hall–Kier alpha value is -2.52. The van der Waals surface area contributed by atoms with E-state index in [9.17, 15) is 9.59 Å². The van der Waals surface area contributed by atoms with E-state index in [1.807, 2.05) is 4.90 Å². The second kappa shape index (κ2) is 7.14. The first-order chi connectivity index (χ1) is 13.7. The van der Waals surface area contributed by atoms with Crippen LogP contribution in [0, 0.1) is 0 Å². The Morgan fingerprint density at radius 2 is 2.00 bits per heavy atom. The lowest BCUT2D eigenvalue weighted by Gasteiger charge is -2.44. The first kappa shape index (κ1) is 17.6. The fraction of sp³-hybridized carbons (Fsp3) is 0.579. The molecule has 9 nitrogen and oxygen atoms in total. The number of ether oxygens (including phenoxy) is 2. The molecule has 0 spiro atoms. The van der Waals surface area contributed by atoms with Crippen molar-refractivity contribution in [1.82, 2.24) is 20.7 Å². The molecule has 1 aliphatic carbocycles. The third kappa shape index (κ3) is 3.14. The number of amides is 3. The Bertz CT molecular complexity index is 788. The molecule has 1 aromatic rings. The standard InChI is InChI=1S/C19H25N5O4/c25-18(21-12-5-6-15-16(9-12)28-8-7-27-15)11-23-19(26)24-14-4-2-1-3-13(14)20-10-17(24)22-23/h5-6,9,13-14,17,20,22H,1-4,7-8,10-11H2,(H,21,25). The van der Waals surface area contributed by atoms with Gasteiger partial charge in [-0.3, -0.25) is 4.79 Å². The number of hydrazine groups is 1. The molecule has 150 valence electrons. The van der Waals surface area contributed by atoms with Gasteiger partial charge in [-0.2, -0.15) is 0 Å². The van der Waals surface area contributed by atoms with Crippen LogP contribution in [0.2, 0.25) is 0 Å². The summed E-state index contributed by atoms with van der Waals surface area (Å²) in [4.78, 5) is 27.4. The molecule has 3 N–H and O–H groups in total. The third-order valence-electron chi connectivity index (χ3n) is 5.88. The third-order valence-corrected chi connectivity index (χ3v) is 5.88. The van der Waals surface area contributed by atoms with Crippen molar-refractivity contribution in [3.05, 3.63) is 18.2 Å². The maximum absolute atomic E-state index is 12.9. The van der Waals surface area contributed by atoms with Crippen molar-refractivity contribution < 1.29 is 19.1 Å². The molecule has 2 saturated heterocycles. The van der Waals surface area contributed by atoms with Crippen LogP contribution in [0.1, 0.15) is 25.7 Å². The number of anilines is 1. The largest absolute Gasteiger partial charge is 0.486 e. The van der Waals surface area contributed by atoms with Crippen molar-refractivity contribution in [2.75, 3.05) is 31.6 Å². The van der Waals surface area contributed by atoms with Crippen molar-refractivity contribution in [3.63, 3.8) is 0 Å². The van der Waals surface area contributed by atoms with Crippen LogP contribution < -0.4 is 25.5 Å². The number of piperazine rings is 1. The van der Waals surface area contributed by atoms with Crippen molar-refractivity contribution in [3.8, 4) is 11.5 Å². The molecule has 3 heterocycles. The molecule has 1 saturated carbocycles. The molecule has 3 fully saturated rings. The highest BCUT2D eigenvalue weighted by atomic mass is 16.6. The molecule has 28 heavy (non-hydrogen) atoms. The molecule has 0 aromatic heterocycles. The Balaban J connectivity index is 1.23.